The number of halogens is 2. The van der Waals surface area contributed by atoms with Gasteiger partial charge < -0.3 is 9.47 Å². The van der Waals surface area contributed by atoms with Gasteiger partial charge in [-0.05, 0) is 80.5 Å². The molecule has 5 heteroatoms. The van der Waals surface area contributed by atoms with E-state index in [1.165, 1.54) is 62.8 Å². The summed E-state index contributed by atoms with van der Waals surface area (Å²) in [5.74, 6) is 2.72. The van der Waals surface area contributed by atoms with Gasteiger partial charge in [0.2, 0.25) is 0 Å². The van der Waals surface area contributed by atoms with Crippen LogP contribution in [0.4, 0.5) is 8.78 Å². The summed E-state index contributed by atoms with van der Waals surface area (Å²) in [6.07, 6.45) is 12.2. The van der Waals surface area contributed by atoms with Gasteiger partial charge in [0.15, 0.2) is 0 Å². The zero-order chi connectivity index (χ0) is 19.9. The first-order chi connectivity index (χ1) is 13.5. The van der Waals surface area contributed by atoms with Gasteiger partial charge in [0.1, 0.15) is 11.5 Å². The van der Waals surface area contributed by atoms with Gasteiger partial charge in [-0.3, -0.25) is 4.79 Å². The summed E-state index contributed by atoms with van der Waals surface area (Å²) in [6.45, 7) is -0.580. The molecule has 3 nitrogen and oxygen atoms in total. The maximum atomic E-state index is 12.5. The summed E-state index contributed by atoms with van der Waals surface area (Å²) in [4.78, 5) is 12.5. The van der Waals surface area contributed by atoms with E-state index in [1.807, 2.05) is 0 Å². The lowest BCUT2D eigenvalue weighted by molar-refractivity contribution is -0.140. The van der Waals surface area contributed by atoms with E-state index in [0.717, 1.165) is 43.4 Å². The summed E-state index contributed by atoms with van der Waals surface area (Å²) >= 11 is 0. The number of carbonyl (C=O) groups is 1. The third kappa shape index (κ3) is 5.92. The molecule has 2 saturated carbocycles. The minimum absolute atomic E-state index is 0.0512. The lowest BCUT2D eigenvalue weighted by Crippen LogP contribution is -2.30. The van der Waals surface area contributed by atoms with Gasteiger partial charge in [-0.25, -0.2) is 0 Å². The Morgan fingerprint density at radius 1 is 0.929 bits per heavy atom. The molecule has 2 aliphatic carbocycles. The van der Waals surface area contributed by atoms with Crippen molar-refractivity contribution in [1.29, 1.82) is 0 Å². The molecule has 2 aliphatic rings. The highest BCUT2D eigenvalue weighted by atomic mass is 19.3. The molecule has 28 heavy (non-hydrogen) atoms. The summed E-state index contributed by atoms with van der Waals surface area (Å²) in [7, 11) is 0. The monoisotopic (exact) mass is 394 g/mol. The van der Waals surface area contributed by atoms with Crippen LogP contribution >= 0.6 is 0 Å². The molecular weight excluding hydrogens is 362 g/mol. The summed E-state index contributed by atoms with van der Waals surface area (Å²) in [5, 5.41) is 0. The van der Waals surface area contributed by atoms with Crippen molar-refractivity contribution < 1.29 is 23.0 Å². The van der Waals surface area contributed by atoms with Crippen LogP contribution in [0.25, 0.3) is 0 Å². The SMILES string of the molecule is CCCC1CCC(C2CCC(C(=O)Oc3ccc(OC(F)F)cc3)CC2)CC1. The van der Waals surface area contributed by atoms with Crippen LogP contribution in [0.3, 0.4) is 0 Å². The third-order valence-corrected chi connectivity index (χ3v) is 6.63. The first-order valence-electron chi connectivity index (χ1n) is 10.8. The second-order valence-corrected chi connectivity index (χ2v) is 8.45. The number of esters is 1. The Morgan fingerprint density at radius 2 is 1.46 bits per heavy atom. The number of carbonyl (C=O) groups excluding carboxylic acids is 1. The van der Waals surface area contributed by atoms with Crippen molar-refractivity contribution in [2.24, 2.45) is 23.7 Å². The topological polar surface area (TPSA) is 35.5 Å². The second-order valence-electron chi connectivity index (χ2n) is 8.45. The molecule has 1 aromatic carbocycles. The van der Waals surface area contributed by atoms with Crippen molar-refractivity contribution >= 4 is 5.97 Å². The van der Waals surface area contributed by atoms with E-state index in [2.05, 4.69) is 11.7 Å². The minimum Gasteiger partial charge on any atom is -0.435 e. The normalized spacial score (nSPS) is 28.1. The molecule has 0 heterocycles. The Labute approximate surface area is 166 Å². The van der Waals surface area contributed by atoms with Gasteiger partial charge in [-0.1, -0.05) is 32.6 Å². The molecule has 156 valence electrons. The number of rotatable bonds is 7. The quantitative estimate of drug-likeness (QED) is 0.386. The fraction of sp³-hybridized carbons (Fsp3) is 0.696. The van der Waals surface area contributed by atoms with Crippen molar-refractivity contribution in [3.05, 3.63) is 24.3 Å². The third-order valence-electron chi connectivity index (χ3n) is 6.63. The van der Waals surface area contributed by atoms with Crippen LogP contribution < -0.4 is 9.47 Å². The Bertz CT molecular complexity index is 601. The molecule has 0 unspecified atom stereocenters. The average Bonchev–Trinajstić information content (AvgIpc) is 2.70. The van der Waals surface area contributed by atoms with E-state index in [-0.39, 0.29) is 17.6 Å². The van der Waals surface area contributed by atoms with Crippen LogP contribution in [0, 0.1) is 23.7 Å². The first kappa shape index (κ1) is 21.1. The highest BCUT2D eigenvalue weighted by Crippen LogP contribution is 2.42. The van der Waals surface area contributed by atoms with Crippen molar-refractivity contribution in [2.45, 2.75) is 77.7 Å². The molecule has 0 bridgehead atoms. The molecule has 0 aromatic heterocycles. The maximum Gasteiger partial charge on any atom is 0.387 e. The molecule has 0 spiro atoms. The van der Waals surface area contributed by atoms with Gasteiger partial charge >= 0.3 is 12.6 Å². The van der Waals surface area contributed by atoms with Crippen LogP contribution in [0.15, 0.2) is 24.3 Å². The van der Waals surface area contributed by atoms with E-state index in [4.69, 9.17) is 4.74 Å². The molecule has 0 aliphatic heterocycles. The molecule has 3 rings (SSSR count). The molecule has 0 amide bonds. The summed E-state index contributed by atoms with van der Waals surface area (Å²) < 4.78 is 34.1. The smallest absolute Gasteiger partial charge is 0.387 e. The first-order valence-corrected chi connectivity index (χ1v) is 10.8. The van der Waals surface area contributed by atoms with Crippen LogP contribution in [0.1, 0.15) is 71.1 Å². The van der Waals surface area contributed by atoms with E-state index < -0.39 is 6.61 Å². The van der Waals surface area contributed by atoms with Gasteiger partial charge in [-0.2, -0.15) is 8.78 Å². The highest BCUT2D eigenvalue weighted by Gasteiger charge is 2.33. The fourth-order valence-electron chi connectivity index (χ4n) is 5.07. The van der Waals surface area contributed by atoms with Crippen LogP contribution in [0.2, 0.25) is 0 Å². The van der Waals surface area contributed by atoms with E-state index in [0.29, 0.717) is 5.75 Å². The predicted molar refractivity (Wildman–Crippen MR) is 105 cm³/mol. The average molecular weight is 395 g/mol. The Morgan fingerprint density at radius 3 is 2.00 bits per heavy atom. The number of benzene rings is 1. The minimum atomic E-state index is -2.86. The number of hydrogen-bond acceptors (Lipinski definition) is 3. The molecule has 0 saturated heterocycles. The maximum absolute atomic E-state index is 12.5. The molecule has 0 radical (unpaired) electrons. The van der Waals surface area contributed by atoms with Crippen LogP contribution in [-0.4, -0.2) is 12.6 Å². The van der Waals surface area contributed by atoms with Gasteiger partial charge in [0.05, 0.1) is 5.92 Å². The van der Waals surface area contributed by atoms with E-state index in [1.54, 1.807) is 0 Å². The lowest BCUT2D eigenvalue weighted by Gasteiger charge is -2.37. The lowest BCUT2D eigenvalue weighted by atomic mass is 9.69. The Hall–Kier alpha value is -1.65. The molecule has 1 aromatic rings. The summed E-state index contributed by atoms with van der Waals surface area (Å²) in [6, 6.07) is 5.77. The van der Waals surface area contributed by atoms with Gasteiger partial charge in [0, 0.05) is 0 Å². The standard InChI is InChI=1S/C23H32F2O3/c1-2-3-16-4-6-17(7-5-16)18-8-10-19(11-9-18)22(26)27-20-12-14-21(15-13-20)28-23(24)25/h12-19,23H,2-11H2,1H3. The van der Waals surface area contributed by atoms with Gasteiger partial charge in [-0.15, -0.1) is 0 Å². The Kier molecular flexibility index (Phi) is 7.69. The largest absolute Gasteiger partial charge is 0.435 e. The van der Waals surface area contributed by atoms with E-state index in [9.17, 15) is 13.6 Å². The Balaban J connectivity index is 1.41. The van der Waals surface area contributed by atoms with Crippen molar-refractivity contribution in [3.8, 4) is 11.5 Å². The van der Waals surface area contributed by atoms with Gasteiger partial charge in [0.25, 0.3) is 0 Å². The molecule has 2 fully saturated rings. The summed E-state index contributed by atoms with van der Waals surface area (Å²) in [5.41, 5.74) is 0. The number of alkyl halides is 2. The number of hydrogen-bond donors (Lipinski definition) is 0. The second kappa shape index (κ2) is 10.2. The highest BCUT2D eigenvalue weighted by molar-refractivity contribution is 5.75. The molecule has 0 atom stereocenters. The number of ether oxygens (including phenoxy) is 2. The van der Waals surface area contributed by atoms with Crippen molar-refractivity contribution in [3.63, 3.8) is 0 Å². The van der Waals surface area contributed by atoms with Crippen molar-refractivity contribution in [1.82, 2.24) is 0 Å². The molecule has 0 N–H and O–H groups in total. The zero-order valence-corrected chi connectivity index (χ0v) is 16.7. The fourth-order valence-corrected chi connectivity index (χ4v) is 5.07. The predicted octanol–water partition coefficient (Wildman–Crippen LogP) is 6.61. The van der Waals surface area contributed by atoms with Crippen LogP contribution in [0.5, 0.6) is 11.5 Å². The van der Waals surface area contributed by atoms with Crippen LogP contribution in [-0.2, 0) is 4.79 Å². The zero-order valence-electron chi connectivity index (χ0n) is 16.7. The van der Waals surface area contributed by atoms with Crippen molar-refractivity contribution in [2.75, 3.05) is 0 Å². The molecular formula is C23H32F2O3. The van der Waals surface area contributed by atoms with E-state index >= 15 is 0 Å².